The smallest absolute Gasteiger partial charge is 0.222 e. The van der Waals surface area contributed by atoms with Gasteiger partial charge in [-0.2, -0.15) is 0 Å². The Balaban J connectivity index is 3.18. The Morgan fingerprint density at radius 1 is 0.615 bits per heavy atom. The van der Waals surface area contributed by atoms with Crippen LogP contribution < -0.4 is 0 Å². The molecule has 0 aliphatic heterocycles. The van der Waals surface area contributed by atoms with Crippen molar-refractivity contribution >= 4 is 22.6 Å². The molecule has 0 unspecified atom stereocenters. The van der Waals surface area contributed by atoms with Gasteiger partial charge < -0.3 is 0 Å². The summed E-state index contributed by atoms with van der Waals surface area (Å²) >= 11 is 5.23. The summed E-state index contributed by atoms with van der Waals surface area (Å²) in [5.41, 5.74) is 0. The van der Waals surface area contributed by atoms with E-state index in [1.165, 1.54) is 83.5 Å². The van der Waals surface area contributed by atoms with E-state index in [0.717, 1.165) is 12.8 Å². The molecule has 2 nitrogen and oxygen atoms in total. The highest BCUT2D eigenvalue weighted by molar-refractivity contribution is 6.63. The number of halogens is 1. The molecule has 26 heavy (non-hydrogen) atoms. The van der Waals surface area contributed by atoms with Crippen LogP contribution in [0.5, 0.6) is 0 Å². The Morgan fingerprint density at radius 2 is 1.08 bits per heavy atom. The van der Waals surface area contributed by atoms with Gasteiger partial charge in [0.15, 0.2) is 0 Å². The third-order valence-corrected chi connectivity index (χ3v) is 5.01. The van der Waals surface area contributed by atoms with E-state index in [1.807, 2.05) is 0 Å². The lowest BCUT2D eigenvalue weighted by molar-refractivity contribution is -0.121. The van der Waals surface area contributed by atoms with Gasteiger partial charge >= 0.3 is 0 Å². The molecule has 0 spiro atoms. The number of ketones is 1. The van der Waals surface area contributed by atoms with E-state index in [0.29, 0.717) is 12.8 Å². The van der Waals surface area contributed by atoms with Crippen molar-refractivity contribution in [2.75, 3.05) is 0 Å². The van der Waals surface area contributed by atoms with Gasteiger partial charge in [0.25, 0.3) is 0 Å². The average molecular weight is 385 g/mol. The molecule has 0 aromatic heterocycles. The Bertz CT molecular complexity index is 363. The summed E-state index contributed by atoms with van der Waals surface area (Å²) in [6.07, 6.45) is 25.1. The molecule has 0 aromatic rings. The molecule has 152 valence electrons. The number of carbonyl (C=O) groups excluding carboxylic acids is 2. The molecule has 0 rings (SSSR count). The molecule has 0 aliphatic rings. The van der Waals surface area contributed by atoms with Crippen molar-refractivity contribution in [1.82, 2.24) is 0 Å². The topological polar surface area (TPSA) is 34.1 Å². The molecule has 0 heterocycles. The van der Waals surface area contributed by atoms with E-state index < -0.39 is 5.24 Å². The first-order valence-electron chi connectivity index (χ1n) is 11.0. The highest BCUT2D eigenvalue weighted by Crippen LogP contribution is 2.12. The highest BCUT2D eigenvalue weighted by Gasteiger charge is 2.04. The summed E-state index contributed by atoms with van der Waals surface area (Å²) < 4.78 is 0. The van der Waals surface area contributed by atoms with Gasteiger partial charge in [0, 0.05) is 19.3 Å². The van der Waals surface area contributed by atoms with Gasteiger partial charge in [-0.25, -0.2) is 0 Å². The van der Waals surface area contributed by atoms with Crippen LogP contribution in [0.15, 0.2) is 12.2 Å². The van der Waals surface area contributed by atoms with Gasteiger partial charge in [0.05, 0.1) is 0 Å². The molecule has 0 aliphatic carbocycles. The Kier molecular flexibility index (Phi) is 20.2. The van der Waals surface area contributed by atoms with Crippen molar-refractivity contribution in [3.05, 3.63) is 12.2 Å². The molecule has 0 bridgehead atoms. The first-order chi connectivity index (χ1) is 12.7. The number of rotatable bonds is 20. The third-order valence-electron chi connectivity index (χ3n) is 4.82. The standard InChI is InChI=1S/C23H41ClO2/c1-2-3-4-5-6-7-8-9-10-11-12-13-14-15-16-17-18-19-22(25)20-21-23(24)26/h9-10H,2-8,11-21H2,1H3. The summed E-state index contributed by atoms with van der Waals surface area (Å²) in [7, 11) is 0. The van der Waals surface area contributed by atoms with Gasteiger partial charge in [0.2, 0.25) is 5.24 Å². The zero-order valence-corrected chi connectivity index (χ0v) is 17.8. The number of Topliss-reactive ketones (excluding diaryl/α,β-unsaturated/α-hetero) is 1. The zero-order chi connectivity index (χ0) is 19.3. The van der Waals surface area contributed by atoms with Gasteiger partial charge in [-0.05, 0) is 43.7 Å². The first-order valence-corrected chi connectivity index (χ1v) is 11.4. The van der Waals surface area contributed by atoms with Crippen LogP contribution in [0.4, 0.5) is 0 Å². The van der Waals surface area contributed by atoms with Gasteiger partial charge in [-0.1, -0.05) is 83.3 Å². The van der Waals surface area contributed by atoms with Crippen LogP contribution in [0.1, 0.15) is 122 Å². The van der Waals surface area contributed by atoms with Crippen molar-refractivity contribution in [1.29, 1.82) is 0 Å². The normalized spacial score (nSPS) is 11.3. The van der Waals surface area contributed by atoms with E-state index in [4.69, 9.17) is 11.6 Å². The Hall–Kier alpha value is -0.630. The molecule has 0 N–H and O–H groups in total. The third kappa shape index (κ3) is 21.4. The Labute approximate surface area is 167 Å². The molecular weight excluding hydrogens is 344 g/mol. The fraction of sp³-hybridized carbons (Fsp3) is 0.826. The molecule has 0 fully saturated rings. The van der Waals surface area contributed by atoms with Gasteiger partial charge in [0.1, 0.15) is 5.78 Å². The largest absolute Gasteiger partial charge is 0.300 e. The monoisotopic (exact) mass is 384 g/mol. The van der Waals surface area contributed by atoms with Crippen molar-refractivity contribution < 1.29 is 9.59 Å². The van der Waals surface area contributed by atoms with E-state index >= 15 is 0 Å². The minimum Gasteiger partial charge on any atom is -0.300 e. The number of hydrogen-bond acceptors (Lipinski definition) is 2. The SMILES string of the molecule is CCCCCCCCC=CCCCCCCCCCC(=O)CCC(=O)Cl. The Morgan fingerprint density at radius 3 is 1.58 bits per heavy atom. The van der Waals surface area contributed by atoms with Gasteiger partial charge in [-0.15, -0.1) is 0 Å². The lowest BCUT2D eigenvalue weighted by Gasteiger charge is -2.01. The number of carbonyl (C=O) groups is 2. The van der Waals surface area contributed by atoms with Crippen molar-refractivity contribution in [3.8, 4) is 0 Å². The summed E-state index contributed by atoms with van der Waals surface area (Å²) in [5.74, 6) is 0.173. The number of hydrogen-bond donors (Lipinski definition) is 0. The lowest BCUT2D eigenvalue weighted by Crippen LogP contribution is -2.00. The quantitative estimate of drug-likeness (QED) is 0.121. The predicted octanol–water partition coefficient (Wildman–Crippen LogP) is 7.92. The van der Waals surface area contributed by atoms with Crippen LogP contribution in [0.3, 0.4) is 0 Å². The number of allylic oxidation sites excluding steroid dienone is 2. The van der Waals surface area contributed by atoms with E-state index in [1.54, 1.807) is 0 Å². The van der Waals surface area contributed by atoms with E-state index in [-0.39, 0.29) is 12.2 Å². The fourth-order valence-corrected chi connectivity index (χ4v) is 3.20. The fourth-order valence-electron chi connectivity index (χ4n) is 3.11. The van der Waals surface area contributed by atoms with Crippen LogP contribution in [0.2, 0.25) is 0 Å². The van der Waals surface area contributed by atoms with Crippen molar-refractivity contribution in [3.63, 3.8) is 0 Å². The van der Waals surface area contributed by atoms with Gasteiger partial charge in [-0.3, -0.25) is 9.59 Å². The molecule has 0 atom stereocenters. The van der Waals surface area contributed by atoms with Crippen molar-refractivity contribution in [2.24, 2.45) is 0 Å². The summed E-state index contributed by atoms with van der Waals surface area (Å²) in [4.78, 5) is 22.1. The van der Waals surface area contributed by atoms with Crippen LogP contribution in [-0.4, -0.2) is 11.0 Å². The van der Waals surface area contributed by atoms with E-state index in [2.05, 4.69) is 19.1 Å². The molecule has 0 amide bonds. The molecule has 0 radical (unpaired) electrons. The van der Waals surface area contributed by atoms with Crippen LogP contribution >= 0.6 is 11.6 Å². The summed E-state index contributed by atoms with van der Waals surface area (Å²) in [6.45, 7) is 2.27. The molecule has 3 heteroatoms. The average Bonchev–Trinajstić information content (AvgIpc) is 2.62. The number of unbranched alkanes of at least 4 members (excludes halogenated alkanes) is 13. The van der Waals surface area contributed by atoms with Crippen molar-refractivity contribution in [2.45, 2.75) is 122 Å². The molecular formula is C23H41ClO2. The molecule has 0 saturated heterocycles. The summed E-state index contributed by atoms with van der Waals surface area (Å²) in [6, 6.07) is 0. The second-order valence-electron chi connectivity index (χ2n) is 7.44. The maximum Gasteiger partial charge on any atom is 0.222 e. The second-order valence-corrected chi connectivity index (χ2v) is 7.86. The minimum atomic E-state index is -0.407. The predicted molar refractivity (Wildman–Crippen MR) is 114 cm³/mol. The zero-order valence-electron chi connectivity index (χ0n) is 17.1. The second kappa shape index (κ2) is 20.7. The van der Waals surface area contributed by atoms with Crippen LogP contribution in [-0.2, 0) is 9.59 Å². The maximum atomic E-state index is 11.5. The van der Waals surface area contributed by atoms with Crippen LogP contribution in [0.25, 0.3) is 0 Å². The van der Waals surface area contributed by atoms with E-state index in [9.17, 15) is 9.59 Å². The lowest BCUT2D eigenvalue weighted by atomic mass is 10.0. The summed E-state index contributed by atoms with van der Waals surface area (Å²) in [5, 5.41) is -0.407. The molecule has 0 saturated carbocycles. The molecule has 0 aromatic carbocycles. The highest BCUT2D eigenvalue weighted by atomic mass is 35.5. The maximum absolute atomic E-state index is 11.5. The van der Waals surface area contributed by atoms with Crippen LogP contribution in [0, 0.1) is 0 Å². The minimum absolute atomic E-state index is 0.173. The first kappa shape index (κ1) is 25.4.